The molecule has 1 aromatic rings. The molecule has 114 valence electrons. The largest absolute Gasteiger partial charge is 0.377 e. The van der Waals surface area contributed by atoms with Gasteiger partial charge in [0.1, 0.15) is 0 Å². The Morgan fingerprint density at radius 2 is 1.80 bits per heavy atom. The van der Waals surface area contributed by atoms with Gasteiger partial charge in [0, 0.05) is 18.6 Å². The van der Waals surface area contributed by atoms with E-state index < -0.39 is 0 Å². The third-order valence-corrected chi connectivity index (χ3v) is 3.66. The third-order valence-electron chi connectivity index (χ3n) is 3.66. The Balaban J connectivity index is 2.61. The van der Waals surface area contributed by atoms with Crippen LogP contribution in [0.25, 0.3) is 0 Å². The molecule has 1 rings (SSSR count). The Bertz CT molecular complexity index is 353. The van der Waals surface area contributed by atoms with Crippen molar-refractivity contribution < 1.29 is 4.74 Å². The molecule has 0 spiro atoms. The van der Waals surface area contributed by atoms with Gasteiger partial charge in [-0.05, 0) is 39.9 Å². The van der Waals surface area contributed by atoms with Crippen molar-refractivity contribution in [1.82, 2.24) is 10.2 Å². The number of rotatable bonds is 9. The van der Waals surface area contributed by atoms with Gasteiger partial charge >= 0.3 is 0 Å². The lowest BCUT2D eigenvalue weighted by Gasteiger charge is -2.33. The summed E-state index contributed by atoms with van der Waals surface area (Å²) < 4.78 is 5.65. The molecule has 0 aliphatic carbocycles. The van der Waals surface area contributed by atoms with Crippen molar-refractivity contribution in [2.75, 3.05) is 26.7 Å². The van der Waals surface area contributed by atoms with Gasteiger partial charge in [0.2, 0.25) is 0 Å². The first-order valence-electron chi connectivity index (χ1n) is 7.66. The van der Waals surface area contributed by atoms with Crippen LogP contribution >= 0.6 is 0 Å². The highest BCUT2D eigenvalue weighted by molar-refractivity contribution is 5.20. The molecule has 0 saturated heterocycles. The molecule has 1 N–H and O–H groups in total. The molecular formula is C17H30N2O. The van der Waals surface area contributed by atoms with Crippen molar-refractivity contribution in [3.63, 3.8) is 0 Å². The second kappa shape index (κ2) is 9.11. The lowest BCUT2D eigenvalue weighted by molar-refractivity contribution is 0.0534. The van der Waals surface area contributed by atoms with Crippen molar-refractivity contribution in [2.45, 2.75) is 45.9 Å². The molecule has 0 heterocycles. The van der Waals surface area contributed by atoms with Crippen molar-refractivity contribution >= 4 is 0 Å². The Hall–Kier alpha value is -0.900. The smallest absolute Gasteiger partial charge is 0.0596 e. The van der Waals surface area contributed by atoms with Crippen molar-refractivity contribution in [3.05, 3.63) is 35.9 Å². The summed E-state index contributed by atoms with van der Waals surface area (Å²) in [7, 11) is 2.17. The zero-order chi connectivity index (χ0) is 15.0. The van der Waals surface area contributed by atoms with E-state index in [2.05, 4.69) is 75.3 Å². The van der Waals surface area contributed by atoms with Gasteiger partial charge in [0.15, 0.2) is 0 Å². The molecule has 2 atom stereocenters. The van der Waals surface area contributed by atoms with E-state index in [0.717, 1.165) is 19.7 Å². The minimum absolute atomic E-state index is 0.303. The van der Waals surface area contributed by atoms with Crippen LogP contribution < -0.4 is 5.32 Å². The van der Waals surface area contributed by atoms with Crippen LogP contribution in [-0.4, -0.2) is 43.8 Å². The van der Waals surface area contributed by atoms with E-state index >= 15 is 0 Å². The summed E-state index contributed by atoms with van der Waals surface area (Å²) in [6.45, 7) is 11.3. The highest BCUT2D eigenvalue weighted by Crippen LogP contribution is 2.20. The molecule has 3 heteroatoms. The maximum absolute atomic E-state index is 5.65. The van der Waals surface area contributed by atoms with Gasteiger partial charge in [-0.3, -0.25) is 4.90 Å². The number of hydrogen-bond donors (Lipinski definition) is 1. The van der Waals surface area contributed by atoms with Crippen molar-refractivity contribution in [1.29, 1.82) is 0 Å². The Morgan fingerprint density at radius 3 is 2.35 bits per heavy atom. The maximum atomic E-state index is 5.65. The SMILES string of the molecule is CCNC(c1ccccc1)C(C)N(C)CCOC(C)C. The van der Waals surface area contributed by atoms with Crippen LogP contribution in [0.1, 0.15) is 39.3 Å². The monoisotopic (exact) mass is 278 g/mol. The number of hydrogen-bond acceptors (Lipinski definition) is 3. The van der Waals surface area contributed by atoms with Gasteiger partial charge in [-0.15, -0.1) is 0 Å². The van der Waals surface area contributed by atoms with E-state index in [1.165, 1.54) is 5.56 Å². The van der Waals surface area contributed by atoms with E-state index in [9.17, 15) is 0 Å². The van der Waals surface area contributed by atoms with Gasteiger partial charge in [-0.2, -0.15) is 0 Å². The third kappa shape index (κ3) is 5.61. The lowest BCUT2D eigenvalue weighted by atomic mass is 9.99. The number of ether oxygens (including phenoxy) is 1. The first-order valence-corrected chi connectivity index (χ1v) is 7.66. The van der Waals surface area contributed by atoms with Gasteiger partial charge < -0.3 is 10.1 Å². The summed E-state index contributed by atoms with van der Waals surface area (Å²) >= 11 is 0. The molecule has 0 aliphatic heterocycles. The summed E-state index contributed by atoms with van der Waals surface area (Å²) in [5, 5.41) is 3.60. The highest BCUT2D eigenvalue weighted by Gasteiger charge is 2.21. The normalized spacial score (nSPS) is 14.8. The van der Waals surface area contributed by atoms with Crippen LogP contribution in [-0.2, 0) is 4.74 Å². The summed E-state index contributed by atoms with van der Waals surface area (Å²) in [5.41, 5.74) is 1.35. The first kappa shape index (κ1) is 17.2. The fourth-order valence-electron chi connectivity index (χ4n) is 2.34. The van der Waals surface area contributed by atoms with Gasteiger partial charge in [-0.1, -0.05) is 37.3 Å². The standard InChI is InChI=1S/C17H30N2O/c1-6-18-17(16-10-8-7-9-11-16)15(4)19(5)12-13-20-14(2)3/h7-11,14-15,17-18H,6,12-13H2,1-5H3. The molecule has 0 aromatic heterocycles. The predicted octanol–water partition coefficient (Wildman–Crippen LogP) is 3.08. The van der Waals surface area contributed by atoms with Crippen molar-refractivity contribution in [2.24, 2.45) is 0 Å². The molecular weight excluding hydrogens is 248 g/mol. The summed E-state index contributed by atoms with van der Waals surface area (Å²) in [6.07, 6.45) is 0.303. The second-order valence-electron chi connectivity index (χ2n) is 5.59. The molecule has 3 nitrogen and oxygen atoms in total. The van der Waals surface area contributed by atoms with E-state index in [-0.39, 0.29) is 0 Å². The topological polar surface area (TPSA) is 24.5 Å². The Morgan fingerprint density at radius 1 is 1.15 bits per heavy atom. The highest BCUT2D eigenvalue weighted by atomic mass is 16.5. The number of nitrogens with one attached hydrogen (secondary N) is 1. The number of benzene rings is 1. The average Bonchev–Trinajstić information content (AvgIpc) is 2.44. The predicted molar refractivity (Wildman–Crippen MR) is 86.0 cm³/mol. The molecule has 0 saturated carbocycles. The van der Waals surface area contributed by atoms with Gasteiger partial charge in [0.05, 0.1) is 12.7 Å². The Kier molecular flexibility index (Phi) is 7.82. The summed E-state index contributed by atoms with van der Waals surface area (Å²) in [6, 6.07) is 11.4. The minimum Gasteiger partial charge on any atom is -0.377 e. The quantitative estimate of drug-likeness (QED) is 0.751. The fourth-order valence-corrected chi connectivity index (χ4v) is 2.34. The first-order chi connectivity index (χ1) is 9.56. The molecule has 0 aliphatic rings. The number of nitrogens with zero attached hydrogens (tertiary/aromatic N) is 1. The lowest BCUT2D eigenvalue weighted by Crippen LogP contribution is -2.42. The molecule has 2 unspecified atom stereocenters. The van der Waals surface area contributed by atoms with E-state index in [4.69, 9.17) is 4.74 Å². The van der Waals surface area contributed by atoms with Crippen LogP contribution in [0.2, 0.25) is 0 Å². The summed E-state index contributed by atoms with van der Waals surface area (Å²) in [5.74, 6) is 0. The van der Waals surface area contributed by atoms with E-state index in [1.807, 2.05) is 0 Å². The molecule has 1 aromatic carbocycles. The Labute approximate surface area is 124 Å². The van der Waals surface area contributed by atoms with Crippen LogP contribution in [0.15, 0.2) is 30.3 Å². The fraction of sp³-hybridized carbons (Fsp3) is 0.647. The van der Waals surface area contributed by atoms with Crippen LogP contribution in [0.5, 0.6) is 0 Å². The van der Waals surface area contributed by atoms with Crippen LogP contribution in [0, 0.1) is 0 Å². The van der Waals surface area contributed by atoms with Gasteiger partial charge in [0.25, 0.3) is 0 Å². The molecule has 0 radical (unpaired) electrons. The van der Waals surface area contributed by atoms with E-state index in [1.54, 1.807) is 0 Å². The summed E-state index contributed by atoms with van der Waals surface area (Å²) in [4.78, 5) is 2.36. The number of likely N-dealkylation sites (N-methyl/N-ethyl adjacent to an activating group) is 2. The molecule has 0 amide bonds. The minimum atomic E-state index is 0.303. The zero-order valence-corrected chi connectivity index (χ0v) is 13.6. The second-order valence-corrected chi connectivity index (χ2v) is 5.59. The van der Waals surface area contributed by atoms with Gasteiger partial charge in [-0.25, -0.2) is 0 Å². The molecule has 20 heavy (non-hydrogen) atoms. The molecule has 0 bridgehead atoms. The van der Waals surface area contributed by atoms with E-state index in [0.29, 0.717) is 18.2 Å². The maximum Gasteiger partial charge on any atom is 0.0596 e. The van der Waals surface area contributed by atoms with Crippen molar-refractivity contribution in [3.8, 4) is 0 Å². The van der Waals surface area contributed by atoms with Crippen LogP contribution in [0.3, 0.4) is 0 Å². The zero-order valence-electron chi connectivity index (χ0n) is 13.6. The van der Waals surface area contributed by atoms with Crippen LogP contribution in [0.4, 0.5) is 0 Å². The molecule has 0 fully saturated rings. The average molecular weight is 278 g/mol.